The highest BCUT2D eigenvalue weighted by atomic mass is 15.3. The molecule has 2 rings (SSSR count). The molecular weight excluding hydrogens is 222 g/mol. The summed E-state index contributed by atoms with van der Waals surface area (Å²) in [6.07, 6.45) is 4.28. The molecule has 0 aliphatic carbocycles. The maximum atomic E-state index is 3.49. The Kier molecular flexibility index (Phi) is 5.46. The van der Waals surface area contributed by atoms with Crippen LogP contribution in [-0.2, 0) is 0 Å². The predicted molar refractivity (Wildman–Crippen MR) is 78.0 cm³/mol. The van der Waals surface area contributed by atoms with Crippen molar-refractivity contribution in [1.29, 1.82) is 0 Å². The normalized spacial score (nSPS) is 29.8. The molecule has 3 unspecified atom stereocenters. The van der Waals surface area contributed by atoms with Crippen molar-refractivity contribution in [2.24, 2.45) is 5.92 Å². The van der Waals surface area contributed by atoms with Crippen LogP contribution in [-0.4, -0.2) is 61.2 Å². The van der Waals surface area contributed by atoms with Crippen molar-refractivity contribution in [2.45, 2.75) is 52.1 Å². The average Bonchev–Trinajstić information content (AvgIpc) is 2.43. The fraction of sp³-hybridized carbons (Fsp3) is 1.00. The number of hydrogen-bond acceptors (Lipinski definition) is 3. The first kappa shape index (κ1) is 14.3. The van der Waals surface area contributed by atoms with Crippen molar-refractivity contribution >= 4 is 0 Å². The molecule has 106 valence electrons. The van der Waals surface area contributed by atoms with Gasteiger partial charge >= 0.3 is 0 Å². The molecule has 0 aromatic rings. The summed E-state index contributed by atoms with van der Waals surface area (Å²) in [6.45, 7) is 14.5. The lowest BCUT2D eigenvalue weighted by Crippen LogP contribution is -2.58. The number of fused-ring (bicyclic) bond motifs is 1. The highest BCUT2D eigenvalue weighted by molar-refractivity contribution is 4.88. The second-order valence-corrected chi connectivity index (χ2v) is 6.21. The third-order valence-corrected chi connectivity index (χ3v) is 4.98. The van der Waals surface area contributed by atoms with E-state index in [-0.39, 0.29) is 0 Å². The SMILES string of the molecule is CCNCC(C)C(C)N1CCN2CCCCC2C1. The van der Waals surface area contributed by atoms with Crippen molar-refractivity contribution in [2.75, 3.05) is 39.3 Å². The lowest BCUT2D eigenvalue weighted by molar-refractivity contribution is 0.0193. The second-order valence-electron chi connectivity index (χ2n) is 6.21. The zero-order valence-electron chi connectivity index (χ0n) is 12.5. The number of nitrogens with zero attached hydrogens (tertiary/aromatic N) is 2. The lowest BCUT2D eigenvalue weighted by atomic mass is 9.95. The molecule has 2 heterocycles. The highest BCUT2D eigenvalue weighted by Gasteiger charge is 2.31. The molecule has 0 radical (unpaired) electrons. The van der Waals surface area contributed by atoms with Gasteiger partial charge in [-0.3, -0.25) is 9.80 Å². The molecule has 2 aliphatic rings. The van der Waals surface area contributed by atoms with E-state index in [9.17, 15) is 0 Å². The van der Waals surface area contributed by atoms with E-state index in [0.29, 0.717) is 6.04 Å². The van der Waals surface area contributed by atoms with Crippen LogP contribution in [0.25, 0.3) is 0 Å². The van der Waals surface area contributed by atoms with Gasteiger partial charge in [0.2, 0.25) is 0 Å². The summed E-state index contributed by atoms with van der Waals surface area (Å²) in [5, 5.41) is 3.49. The zero-order chi connectivity index (χ0) is 13.0. The van der Waals surface area contributed by atoms with Gasteiger partial charge in [0.15, 0.2) is 0 Å². The van der Waals surface area contributed by atoms with E-state index in [4.69, 9.17) is 0 Å². The molecule has 0 amide bonds. The summed E-state index contributed by atoms with van der Waals surface area (Å²) in [6, 6.07) is 1.56. The van der Waals surface area contributed by atoms with Gasteiger partial charge in [-0.15, -0.1) is 0 Å². The van der Waals surface area contributed by atoms with E-state index in [1.165, 1.54) is 45.4 Å². The van der Waals surface area contributed by atoms with Gasteiger partial charge in [0.25, 0.3) is 0 Å². The Morgan fingerprint density at radius 2 is 2.00 bits per heavy atom. The fourth-order valence-corrected chi connectivity index (χ4v) is 3.45. The standard InChI is InChI=1S/C15H31N3/c1-4-16-11-13(2)14(3)18-10-9-17-8-6-5-7-15(17)12-18/h13-16H,4-12H2,1-3H3. The van der Waals surface area contributed by atoms with E-state index >= 15 is 0 Å². The van der Waals surface area contributed by atoms with Crippen molar-refractivity contribution in [3.63, 3.8) is 0 Å². The monoisotopic (exact) mass is 253 g/mol. The van der Waals surface area contributed by atoms with Gasteiger partial charge in [-0.25, -0.2) is 0 Å². The Morgan fingerprint density at radius 1 is 1.17 bits per heavy atom. The third kappa shape index (κ3) is 3.46. The Hall–Kier alpha value is -0.120. The van der Waals surface area contributed by atoms with E-state index in [1.54, 1.807) is 0 Å². The first-order chi connectivity index (χ1) is 8.72. The zero-order valence-corrected chi connectivity index (χ0v) is 12.5. The molecular formula is C15H31N3. The summed E-state index contributed by atoms with van der Waals surface area (Å²) < 4.78 is 0. The molecule has 3 nitrogen and oxygen atoms in total. The minimum Gasteiger partial charge on any atom is -0.317 e. The summed E-state index contributed by atoms with van der Waals surface area (Å²) in [5.74, 6) is 0.750. The lowest BCUT2D eigenvalue weighted by Gasteiger charge is -2.47. The van der Waals surface area contributed by atoms with Gasteiger partial charge in [-0.1, -0.05) is 20.3 Å². The van der Waals surface area contributed by atoms with E-state index in [2.05, 4.69) is 35.9 Å². The Labute approximate surface area is 113 Å². The fourth-order valence-electron chi connectivity index (χ4n) is 3.45. The van der Waals surface area contributed by atoms with Gasteiger partial charge in [0.1, 0.15) is 0 Å². The van der Waals surface area contributed by atoms with E-state index in [1.807, 2.05) is 0 Å². The quantitative estimate of drug-likeness (QED) is 0.806. The predicted octanol–water partition coefficient (Wildman–Crippen LogP) is 1.79. The Balaban J connectivity index is 1.82. The van der Waals surface area contributed by atoms with Gasteiger partial charge in [-0.2, -0.15) is 0 Å². The molecule has 0 spiro atoms. The summed E-state index contributed by atoms with van der Waals surface area (Å²) in [7, 11) is 0. The molecule has 0 aromatic carbocycles. The summed E-state index contributed by atoms with van der Waals surface area (Å²) >= 11 is 0. The van der Waals surface area contributed by atoms with Crippen LogP contribution in [0, 0.1) is 5.92 Å². The Morgan fingerprint density at radius 3 is 2.78 bits per heavy atom. The van der Waals surface area contributed by atoms with E-state index < -0.39 is 0 Å². The van der Waals surface area contributed by atoms with E-state index in [0.717, 1.165) is 25.0 Å². The van der Waals surface area contributed by atoms with Crippen LogP contribution < -0.4 is 5.32 Å². The number of piperidine rings is 1. The van der Waals surface area contributed by atoms with Gasteiger partial charge in [0, 0.05) is 31.7 Å². The molecule has 0 saturated carbocycles. The molecule has 2 saturated heterocycles. The molecule has 0 bridgehead atoms. The highest BCUT2D eigenvalue weighted by Crippen LogP contribution is 2.23. The topological polar surface area (TPSA) is 18.5 Å². The summed E-state index contributed by atoms with van der Waals surface area (Å²) in [4.78, 5) is 5.45. The van der Waals surface area contributed by atoms with Crippen LogP contribution in [0.3, 0.4) is 0 Å². The van der Waals surface area contributed by atoms with Crippen molar-refractivity contribution in [3.8, 4) is 0 Å². The molecule has 0 aromatic heterocycles. The average molecular weight is 253 g/mol. The van der Waals surface area contributed by atoms with Crippen LogP contribution in [0.1, 0.15) is 40.0 Å². The first-order valence-corrected chi connectivity index (χ1v) is 7.91. The second kappa shape index (κ2) is 6.88. The van der Waals surface area contributed by atoms with Crippen LogP contribution >= 0.6 is 0 Å². The smallest absolute Gasteiger partial charge is 0.0223 e. The van der Waals surface area contributed by atoms with Crippen LogP contribution in [0.5, 0.6) is 0 Å². The maximum Gasteiger partial charge on any atom is 0.0223 e. The third-order valence-electron chi connectivity index (χ3n) is 4.98. The first-order valence-electron chi connectivity index (χ1n) is 7.91. The van der Waals surface area contributed by atoms with Crippen LogP contribution in [0.4, 0.5) is 0 Å². The van der Waals surface area contributed by atoms with Gasteiger partial charge in [-0.05, 0) is 45.3 Å². The number of piperazine rings is 1. The number of nitrogens with one attached hydrogen (secondary N) is 1. The maximum absolute atomic E-state index is 3.49. The van der Waals surface area contributed by atoms with Gasteiger partial charge < -0.3 is 5.32 Å². The summed E-state index contributed by atoms with van der Waals surface area (Å²) in [5.41, 5.74) is 0. The van der Waals surface area contributed by atoms with Crippen molar-refractivity contribution < 1.29 is 0 Å². The molecule has 3 atom stereocenters. The minimum atomic E-state index is 0.716. The number of hydrogen-bond donors (Lipinski definition) is 1. The molecule has 2 fully saturated rings. The molecule has 1 N–H and O–H groups in total. The van der Waals surface area contributed by atoms with Crippen molar-refractivity contribution in [1.82, 2.24) is 15.1 Å². The Bertz CT molecular complexity index is 244. The number of rotatable bonds is 5. The molecule has 2 aliphatic heterocycles. The minimum absolute atomic E-state index is 0.716. The largest absolute Gasteiger partial charge is 0.317 e. The molecule has 3 heteroatoms. The van der Waals surface area contributed by atoms with Crippen LogP contribution in [0.2, 0.25) is 0 Å². The molecule has 18 heavy (non-hydrogen) atoms. The van der Waals surface area contributed by atoms with Crippen LogP contribution in [0.15, 0.2) is 0 Å². The van der Waals surface area contributed by atoms with Crippen molar-refractivity contribution in [3.05, 3.63) is 0 Å². The van der Waals surface area contributed by atoms with Gasteiger partial charge in [0.05, 0.1) is 0 Å².